The number of nitro benzene ring substituents is 1. The number of amidine groups is 1. The highest BCUT2D eigenvalue weighted by Crippen LogP contribution is 2.23. The van der Waals surface area contributed by atoms with Gasteiger partial charge in [0.05, 0.1) is 22.6 Å². The average Bonchev–Trinajstić information content (AvgIpc) is 3.07. The third-order valence-corrected chi connectivity index (χ3v) is 3.39. The van der Waals surface area contributed by atoms with Crippen molar-refractivity contribution in [3.05, 3.63) is 69.8 Å². The summed E-state index contributed by atoms with van der Waals surface area (Å²) in [4.78, 5) is 15.0. The molecule has 0 unspecified atom stereocenters. The van der Waals surface area contributed by atoms with Gasteiger partial charge in [0, 0.05) is 12.6 Å². The molecule has 1 aliphatic heterocycles. The molecular weight excluding hydrogens is 282 g/mol. The average molecular weight is 297 g/mol. The summed E-state index contributed by atoms with van der Waals surface area (Å²) in [6.45, 7) is 1.70. The molecule has 2 aromatic carbocycles. The molecule has 1 aliphatic rings. The molecule has 6 nitrogen and oxygen atoms in total. The second-order valence-corrected chi connectivity index (χ2v) is 4.83. The Morgan fingerprint density at radius 2 is 1.95 bits per heavy atom. The molecule has 22 heavy (non-hydrogen) atoms. The van der Waals surface area contributed by atoms with Crippen LogP contribution in [0.15, 0.2) is 53.5 Å². The SMILES string of the molecule is O=[N+]([O-])c1ccccc1COc1ccccc1C1=NCCN1. The zero-order valence-electron chi connectivity index (χ0n) is 11.9. The van der Waals surface area contributed by atoms with Gasteiger partial charge >= 0.3 is 0 Å². The minimum Gasteiger partial charge on any atom is -0.488 e. The molecule has 2 aromatic rings. The zero-order chi connectivity index (χ0) is 15.4. The van der Waals surface area contributed by atoms with E-state index in [2.05, 4.69) is 10.3 Å². The number of aliphatic imine (C=N–C) groups is 1. The van der Waals surface area contributed by atoms with E-state index in [0.29, 0.717) is 11.3 Å². The summed E-state index contributed by atoms with van der Waals surface area (Å²) in [5, 5.41) is 14.2. The van der Waals surface area contributed by atoms with E-state index in [0.717, 1.165) is 24.5 Å². The number of ether oxygens (including phenoxy) is 1. The first-order valence-electron chi connectivity index (χ1n) is 6.98. The van der Waals surface area contributed by atoms with Crippen LogP contribution in [0.2, 0.25) is 0 Å². The number of hydrogen-bond donors (Lipinski definition) is 1. The smallest absolute Gasteiger partial charge is 0.276 e. The highest BCUT2D eigenvalue weighted by atomic mass is 16.6. The molecular formula is C16H15N3O3. The molecule has 1 heterocycles. The van der Waals surface area contributed by atoms with Crippen molar-refractivity contribution in [2.45, 2.75) is 6.61 Å². The van der Waals surface area contributed by atoms with Crippen LogP contribution >= 0.6 is 0 Å². The third kappa shape index (κ3) is 2.90. The first kappa shape index (κ1) is 14.1. The quantitative estimate of drug-likeness (QED) is 0.679. The summed E-state index contributed by atoms with van der Waals surface area (Å²) in [7, 11) is 0. The maximum atomic E-state index is 11.0. The van der Waals surface area contributed by atoms with Crippen LogP contribution in [-0.4, -0.2) is 23.8 Å². The van der Waals surface area contributed by atoms with Crippen molar-refractivity contribution in [1.29, 1.82) is 0 Å². The lowest BCUT2D eigenvalue weighted by molar-refractivity contribution is -0.385. The van der Waals surface area contributed by atoms with Gasteiger partial charge < -0.3 is 10.1 Å². The molecule has 0 aliphatic carbocycles. The molecule has 0 fully saturated rings. The van der Waals surface area contributed by atoms with Crippen LogP contribution in [0.3, 0.4) is 0 Å². The minimum absolute atomic E-state index is 0.0660. The highest BCUT2D eigenvalue weighted by molar-refractivity contribution is 6.02. The largest absolute Gasteiger partial charge is 0.488 e. The van der Waals surface area contributed by atoms with Crippen molar-refractivity contribution >= 4 is 11.5 Å². The molecule has 0 saturated heterocycles. The van der Waals surface area contributed by atoms with E-state index in [1.54, 1.807) is 18.2 Å². The Kier molecular flexibility index (Phi) is 4.00. The topological polar surface area (TPSA) is 76.8 Å². The van der Waals surface area contributed by atoms with Crippen LogP contribution in [0.1, 0.15) is 11.1 Å². The van der Waals surface area contributed by atoms with Gasteiger partial charge in [0.1, 0.15) is 18.2 Å². The Bertz CT molecular complexity index is 728. The van der Waals surface area contributed by atoms with Crippen LogP contribution in [0.4, 0.5) is 5.69 Å². The van der Waals surface area contributed by atoms with Gasteiger partial charge in [-0.1, -0.05) is 24.3 Å². The molecule has 0 saturated carbocycles. The third-order valence-electron chi connectivity index (χ3n) is 3.39. The van der Waals surface area contributed by atoms with Crippen molar-refractivity contribution in [2.75, 3.05) is 13.1 Å². The lowest BCUT2D eigenvalue weighted by Crippen LogP contribution is -2.20. The van der Waals surface area contributed by atoms with Crippen molar-refractivity contribution < 1.29 is 9.66 Å². The summed E-state index contributed by atoms with van der Waals surface area (Å²) in [5.74, 6) is 1.46. The fourth-order valence-corrected chi connectivity index (χ4v) is 2.33. The van der Waals surface area contributed by atoms with Gasteiger partial charge in [-0.15, -0.1) is 0 Å². The highest BCUT2D eigenvalue weighted by Gasteiger charge is 2.16. The fraction of sp³-hybridized carbons (Fsp3) is 0.188. The summed E-state index contributed by atoms with van der Waals surface area (Å²) < 4.78 is 5.80. The number of nitro groups is 1. The minimum atomic E-state index is -0.396. The molecule has 0 aromatic heterocycles. The molecule has 0 amide bonds. The Labute approximate surface area is 127 Å². The van der Waals surface area contributed by atoms with Gasteiger partial charge in [0.15, 0.2) is 0 Å². The van der Waals surface area contributed by atoms with Gasteiger partial charge in [-0.05, 0) is 18.2 Å². The number of para-hydroxylation sites is 2. The molecule has 0 radical (unpaired) electrons. The van der Waals surface area contributed by atoms with Crippen molar-refractivity contribution in [1.82, 2.24) is 5.32 Å². The van der Waals surface area contributed by atoms with Crippen molar-refractivity contribution in [3.63, 3.8) is 0 Å². The van der Waals surface area contributed by atoms with Gasteiger partial charge in [0.25, 0.3) is 5.69 Å². The summed E-state index contributed by atoms with van der Waals surface area (Å²) >= 11 is 0. The maximum Gasteiger partial charge on any atom is 0.276 e. The van der Waals surface area contributed by atoms with Gasteiger partial charge in [-0.25, -0.2) is 0 Å². The number of rotatable bonds is 5. The summed E-state index contributed by atoms with van der Waals surface area (Å²) in [6.07, 6.45) is 0. The van der Waals surface area contributed by atoms with Crippen LogP contribution in [-0.2, 0) is 6.61 Å². The van der Waals surface area contributed by atoms with Crippen LogP contribution in [0.25, 0.3) is 0 Å². The molecule has 3 rings (SSSR count). The van der Waals surface area contributed by atoms with E-state index in [1.165, 1.54) is 6.07 Å². The Balaban J connectivity index is 1.82. The standard InChI is InChI=1S/C16H15N3O3/c20-19(21)14-7-3-1-5-12(14)11-22-15-8-4-2-6-13(15)16-17-9-10-18-16/h1-8H,9-11H2,(H,17,18). The Hall–Kier alpha value is -2.89. The summed E-state index contributed by atoms with van der Waals surface area (Å²) in [5.41, 5.74) is 1.48. The maximum absolute atomic E-state index is 11.0. The second-order valence-electron chi connectivity index (χ2n) is 4.83. The molecule has 0 atom stereocenters. The monoisotopic (exact) mass is 297 g/mol. The van der Waals surface area contributed by atoms with Crippen LogP contribution in [0.5, 0.6) is 5.75 Å². The number of benzene rings is 2. The lowest BCUT2D eigenvalue weighted by Gasteiger charge is -2.12. The Morgan fingerprint density at radius 1 is 1.18 bits per heavy atom. The first-order valence-corrected chi connectivity index (χ1v) is 6.98. The van der Waals surface area contributed by atoms with E-state index in [1.807, 2.05) is 24.3 Å². The predicted molar refractivity (Wildman–Crippen MR) is 83.3 cm³/mol. The van der Waals surface area contributed by atoms with Crippen molar-refractivity contribution in [2.24, 2.45) is 4.99 Å². The lowest BCUT2D eigenvalue weighted by atomic mass is 10.1. The van der Waals surface area contributed by atoms with E-state index in [-0.39, 0.29) is 12.3 Å². The Morgan fingerprint density at radius 3 is 2.73 bits per heavy atom. The molecule has 1 N–H and O–H groups in total. The number of nitrogens with one attached hydrogen (secondary N) is 1. The number of hydrogen-bond acceptors (Lipinski definition) is 5. The van der Waals surface area contributed by atoms with Gasteiger partial charge in [-0.2, -0.15) is 0 Å². The first-order chi connectivity index (χ1) is 10.8. The van der Waals surface area contributed by atoms with Crippen molar-refractivity contribution in [3.8, 4) is 5.75 Å². The number of nitrogens with zero attached hydrogens (tertiary/aromatic N) is 2. The zero-order valence-corrected chi connectivity index (χ0v) is 11.9. The summed E-state index contributed by atoms with van der Waals surface area (Å²) in [6, 6.07) is 14.1. The van der Waals surface area contributed by atoms with Gasteiger partial charge in [0.2, 0.25) is 0 Å². The predicted octanol–water partition coefficient (Wildman–Crippen LogP) is 2.52. The molecule has 6 heteroatoms. The second kappa shape index (κ2) is 6.26. The van der Waals surface area contributed by atoms with Crippen LogP contribution < -0.4 is 10.1 Å². The molecule has 0 bridgehead atoms. The van der Waals surface area contributed by atoms with Gasteiger partial charge in [-0.3, -0.25) is 15.1 Å². The van der Waals surface area contributed by atoms with E-state index >= 15 is 0 Å². The van der Waals surface area contributed by atoms with E-state index in [4.69, 9.17) is 4.74 Å². The fourth-order valence-electron chi connectivity index (χ4n) is 2.33. The van der Waals surface area contributed by atoms with Crippen LogP contribution in [0, 0.1) is 10.1 Å². The molecule has 0 spiro atoms. The van der Waals surface area contributed by atoms with E-state index in [9.17, 15) is 10.1 Å². The normalized spacial score (nSPS) is 13.4. The van der Waals surface area contributed by atoms with E-state index < -0.39 is 4.92 Å². The molecule has 112 valence electrons.